The Morgan fingerprint density at radius 1 is 1.12 bits per heavy atom. The summed E-state index contributed by atoms with van der Waals surface area (Å²) in [5, 5.41) is 12.8. The van der Waals surface area contributed by atoms with E-state index >= 15 is 0 Å². The fourth-order valence-corrected chi connectivity index (χ4v) is 4.76. The lowest BCUT2D eigenvalue weighted by Crippen LogP contribution is -2.37. The van der Waals surface area contributed by atoms with E-state index in [1.807, 2.05) is 19.1 Å². The van der Waals surface area contributed by atoms with Crippen LogP contribution in [0.4, 0.5) is 25.8 Å². The van der Waals surface area contributed by atoms with Crippen molar-refractivity contribution in [3.63, 3.8) is 0 Å². The lowest BCUT2D eigenvalue weighted by molar-refractivity contribution is -0.137. The van der Waals surface area contributed by atoms with Gasteiger partial charge in [-0.15, -0.1) is 0 Å². The number of benzene rings is 2. The minimum atomic E-state index is -2.86. The number of carboxylic acids is 1. The Balaban J connectivity index is 1.95. The maximum absolute atomic E-state index is 12.5. The maximum atomic E-state index is 12.5. The summed E-state index contributed by atoms with van der Waals surface area (Å²) in [6.07, 6.45) is 6.85. The highest BCUT2D eigenvalue weighted by Crippen LogP contribution is 2.37. The van der Waals surface area contributed by atoms with Crippen LogP contribution in [0.5, 0.6) is 5.75 Å². The summed E-state index contributed by atoms with van der Waals surface area (Å²) in [6, 6.07) is 13.1. The van der Waals surface area contributed by atoms with Crippen LogP contribution in [0, 0.1) is 0 Å². The molecule has 180 valence electrons. The Bertz CT molecular complexity index is 899. The fourth-order valence-electron chi connectivity index (χ4n) is 4.76. The van der Waals surface area contributed by atoms with Gasteiger partial charge in [-0.1, -0.05) is 32.3 Å². The van der Waals surface area contributed by atoms with Gasteiger partial charge in [0.25, 0.3) is 0 Å². The van der Waals surface area contributed by atoms with Crippen LogP contribution < -0.4 is 15.0 Å². The first-order valence-electron chi connectivity index (χ1n) is 11.9. The molecule has 0 spiro atoms. The molecular weight excluding hydrogens is 426 g/mol. The second-order valence-electron chi connectivity index (χ2n) is 8.59. The molecule has 2 aromatic rings. The summed E-state index contributed by atoms with van der Waals surface area (Å²) < 4.78 is 29.4. The zero-order valence-electron chi connectivity index (χ0n) is 19.4. The van der Waals surface area contributed by atoms with Crippen LogP contribution in [0.1, 0.15) is 70.3 Å². The molecule has 0 saturated heterocycles. The van der Waals surface area contributed by atoms with Crippen molar-refractivity contribution in [1.82, 2.24) is 0 Å². The third-order valence-electron chi connectivity index (χ3n) is 6.43. The number of carboxylic acid groups (broad SMARTS) is 1. The fraction of sp³-hybridized carbons (Fsp3) is 0.500. The van der Waals surface area contributed by atoms with Crippen LogP contribution in [0.2, 0.25) is 0 Å². The van der Waals surface area contributed by atoms with Gasteiger partial charge in [0.2, 0.25) is 0 Å². The Morgan fingerprint density at radius 3 is 2.39 bits per heavy atom. The van der Waals surface area contributed by atoms with E-state index in [-0.39, 0.29) is 18.1 Å². The number of alkyl halides is 2. The van der Waals surface area contributed by atoms with E-state index in [1.165, 1.54) is 31.4 Å². The van der Waals surface area contributed by atoms with Gasteiger partial charge in [0.1, 0.15) is 5.75 Å². The van der Waals surface area contributed by atoms with Gasteiger partial charge < -0.3 is 20.1 Å². The molecule has 2 aromatic carbocycles. The third kappa shape index (κ3) is 6.83. The molecule has 1 aliphatic rings. The first-order chi connectivity index (χ1) is 15.9. The summed E-state index contributed by atoms with van der Waals surface area (Å²) in [6.45, 7) is 2.16. The number of hydrogen-bond donors (Lipinski definition) is 2. The Labute approximate surface area is 194 Å². The second kappa shape index (κ2) is 11.9. The number of halogens is 2. The number of nitrogens with one attached hydrogen (secondary N) is 1. The SMILES string of the molecule is CC[C@H](CC(=O)O)c1ccc(N(CC)C2CCCCC2)c(Nc2ccc(OC(F)F)cc2)c1. The predicted octanol–water partition coefficient (Wildman–Crippen LogP) is 7.16. The molecule has 0 heterocycles. The van der Waals surface area contributed by atoms with Crippen molar-refractivity contribution in [3.8, 4) is 5.75 Å². The maximum Gasteiger partial charge on any atom is 0.387 e. The first-order valence-corrected chi connectivity index (χ1v) is 11.9. The van der Waals surface area contributed by atoms with E-state index < -0.39 is 12.6 Å². The first kappa shape index (κ1) is 24.8. The highest BCUT2D eigenvalue weighted by Gasteiger charge is 2.23. The van der Waals surface area contributed by atoms with E-state index in [9.17, 15) is 18.7 Å². The minimum Gasteiger partial charge on any atom is -0.481 e. The standard InChI is InChI=1S/C26H34F2N2O3/c1-3-18(17-25(31)32)19-10-15-24(30(4-2)21-8-6-5-7-9-21)23(16-19)29-20-11-13-22(14-12-20)33-26(27)28/h10-16,18,21,26,29H,3-9,17H2,1-2H3,(H,31,32)/t18-/m1/s1. The van der Waals surface area contributed by atoms with E-state index in [2.05, 4.69) is 27.9 Å². The smallest absolute Gasteiger partial charge is 0.387 e. The normalized spacial score (nSPS) is 15.3. The Kier molecular flexibility index (Phi) is 8.92. The van der Waals surface area contributed by atoms with Gasteiger partial charge in [-0.25, -0.2) is 0 Å². The van der Waals surface area contributed by atoms with Crippen LogP contribution in [-0.2, 0) is 4.79 Å². The molecule has 0 aliphatic heterocycles. The van der Waals surface area contributed by atoms with Gasteiger partial charge in [0.15, 0.2) is 0 Å². The molecule has 3 rings (SSSR count). The summed E-state index contributed by atoms with van der Waals surface area (Å²) in [5.74, 6) is -0.787. The third-order valence-corrected chi connectivity index (χ3v) is 6.43. The summed E-state index contributed by atoms with van der Waals surface area (Å²) in [5.41, 5.74) is 3.70. The number of anilines is 3. The van der Waals surface area contributed by atoms with Gasteiger partial charge in [-0.2, -0.15) is 8.78 Å². The number of carbonyl (C=O) groups is 1. The molecule has 0 radical (unpaired) electrons. The zero-order chi connectivity index (χ0) is 23.8. The molecule has 1 atom stereocenters. The lowest BCUT2D eigenvalue weighted by atomic mass is 9.91. The highest BCUT2D eigenvalue weighted by molar-refractivity contribution is 5.77. The molecule has 1 saturated carbocycles. The van der Waals surface area contributed by atoms with Crippen molar-refractivity contribution in [2.24, 2.45) is 0 Å². The number of hydrogen-bond acceptors (Lipinski definition) is 4. The van der Waals surface area contributed by atoms with Crippen LogP contribution >= 0.6 is 0 Å². The monoisotopic (exact) mass is 460 g/mol. The largest absolute Gasteiger partial charge is 0.481 e. The Morgan fingerprint density at radius 2 is 1.82 bits per heavy atom. The van der Waals surface area contributed by atoms with Gasteiger partial charge in [-0.05, 0) is 74.1 Å². The van der Waals surface area contributed by atoms with Crippen molar-refractivity contribution < 1.29 is 23.4 Å². The van der Waals surface area contributed by atoms with Gasteiger partial charge in [0, 0.05) is 18.3 Å². The molecule has 0 unspecified atom stereocenters. The number of rotatable bonds is 11. The predicted molar refractivity (Wildman–Crippen MR) is 128 cm³/mol. The van der Waals surface area contributed by atoms with E-state index in [1.54, 1.807) is 12.1 Å². The summed E-state index contributed by atoms with van der Waals surface area (Å²) in [4.78, 5) is 13.8. The summed E-state index contributed by atoms with van der Waals surface area (Å²) >= 11 is 0. The summed E-state index contributed by atoms with van der Waals surface area (Å²) in [7, 11) is 0. The van der Waals surface area contributed by atoms with Gasteiger partial charge >= 0.3 is 12.6 Å². The highest BCUT2D eigenvalue weighted by atomic mass is 19.3. The number of aliphatic carboxylic acids is 1. The second-order valence-corrected chi connectivity index (χ2v) is 8.59. The van der Waals surface area contributed by atoms with Crippen molar-refractivity contribution in [2.45, 2.75) is 77.4 Å². The molecule has 2 N–H and O–H groups in total. The molecule has 33 heavy (non-hydrogen) atoms. The van der Waals surface area contributed by atoms with Crippen LogP contribution in [0.15, 0.2) is 42.5 Å². The number of ether oxygens (including phenoxy) is 1. The van der Waals surface area contributed by atoms with Crippen molar-refractivity contribution in [2.75, 3.05) is 16.8 Å². The molecule has 1 fully saturated rings. The van der Waals surface area contributed by atoms with Crippen molar-refractivity contribution in [1.29, 1.82) is 0 Å². The number of nitrogens with zero attached hydrogens (tertiary/aromatic N) is 1. The van der Waals surface area contributed by atoms with E-state index in [0.29, 0.717) is 6.04 Å². The topological polar surface area (TPSA) is 61.8 Å². The average Bonchev–Trinajstić information content (AvgIpc) is 2.80. The van der Waals surface area contributed by atoms with E-state index in [0.717, 1.165) is 48.4 Å². The van der Waals surface area contributed by atoms with Gasteiger partial charge in [0.05, 0.1) is 17.8 Å². The van der Waals surface area contributed by atoms with Crippen LogP contribution in [-0.4, -0.2) is 30.3 Å². The molecule has 1 aliphatic carbocycles. The molecule has 0 aromatic heterocycles. The van der Waals surface area contributed by atoms with E-state index in [4.69, 9.17) is 0 Å². The Hall–Kier alpha value is -2.83. The van der Waals surface area contributed by atoms with Crippen molar-refractivity contribution >= 4 is 23.0 Å². The van der Waals surface area contributed by atoms with Crippen LogP contribution in [0.3, 0.4) is 0 Å². The quantitative estimate of drug-likeness (QED) is 0.373. The molecular formula is C26H34F2N2O3. The van der Waals surface area contributed by atoms with Gasteiger partial charge in [-0.3, -0.25) is 4.79 Å². The molecule has 0 amide bonds. The molecule has 5 nitrogen and oxygen atoms in total. The minimum absolute atomic E-state index is 0.0784. The lowest BCUT2D eigenvalue weighted by Gasteiger charge is -2.37. The van der Waals surface area contributed by atoms with Crippen molar-refractivity contribution in [3.05, 3.63) is 48.0 Å². The molecule has 7 heteroatoms. The van der Waals surface area contributed by atoms with Crippen LogP contribution in [0.25, 0.3) is 0 Å². The average molecular weight is 461 g/mol. The zero-order valence-corrected chi connectivity index (χ0v) is 19.4. The molecule has 0 bridgehead atoms.